The largest absolute Gasteiger partial charge is 0.480 e. The molecule has 0 spiro atoms. The van der Waals surface area contributed by atoms with Crippen molar-refractivity contribution in [3.8, 4) is 0 Å². The molecule has 2 N–H and O–H groups in total. The second-order valence-electron chi connectivity index (χ2n) is 5.66. The van der Waals surface area contributed by atoms with E-state index in [1.165, 1.54) is 0 Å². The van der Waals surface area contributed by atoms with E-state index < -0.39 is 22.7 Å². The van der Waals surface area contributed by atoms with Gasteiger partial charge in [0.2, 0.25) is 0 Å². The molecule has 0 unspecified atom stereocenters. The van der Waals surface area contributed by atoms with E-state index in [1.807, 2.05) is 7.05 Å². The van der Waals surface area contributed by atoms with Crippen LogP contribution in [0.25, 0.3) is 0 Å². The van der Waals surface area contributed by atoms with E-state index in [4.69, 9.17) is 11.6 Å². The van der Waals surface area contributed by atoms with E-state index in [-0.39, 0.29) is 0 Å². The Hall–Kier alpha value is -1.24. The second kappa shape index (κ2) is 6.89. The summed E-state index contributed by atoms with van der Waals surface area (Å²) in [5.74, 6) is -1.50. The van der Waals surface area contributed by atoms with Crippen molar-refractivity contribution in [1.82, 2.24) is 10.2 Å². The van der Waals surface area contributed by atoms with Crippen LogP contribution in [0, 0.1) is 0 Å². The molecule has 0 bridgehead atoms. The Kier molecular flexibility index (Phi) is 5.36. The number of halogens is 1. The smallest absolute Gasteiger partial charge is 0.327 e. The Morgan fingerprint density at radius 1 is 1.32 bits per heavy atom. The Morgan fingerprint density at radius 2 is 1.86 bits per heavy atom. The first-order valence-electron chi connectivity index (χ1n) is 7.02. The fourth-order valence-electron chi connectivity index (χ4n) is 2.54. The number of nitrogens with zero attached hydrogens (tertiary/aromatic N) is 1. The van der Waals surface area contributed by atoms with Gasteiger partial charge < -0.3 is 15.3 Å². The summed E-state index contributed by atoms with van der Waals surface area (Å²) in [6.45, 7) is 1.51. The van der Waals surface area contributed by atoms with Crippen LogP contribution in [0.15, 0.2) is 24.3 Å². The molecule has 2 rings (SSSR count). The van der Waals surface area contributed by atoms with Crippen molar-refractivity contribution in [3.05, 3.63) is 34.9 Å². The number of amides is 1. The molecule has 1 amide bonds. The molecule has 1 fully saturated rings. The van der Waals surface area contributed by atoms with Crippen molar-refractivity contribution in [3.63, 3.8) is 0 Å². The number of benzene rings is 1. The number of carboxylic acid groups (broad SMARTS) is 1. The summed E-state index contributed by atoms with van der Waals surface area (Å²) in [5.41, 5.74) is 0.375. The van der Waals surface area contributed by atoms with Gasteiger partial charge in [-0.25, -0.2) is 4.79 Å². The molecule has 1 aliphatic rings. The van der Waals surface area contributed by atoms with E-state index in [2.05, 4.69) is 22.8 Å². The van der Waals surface area contributed by atoms with Gasteiger partial charge in [0.15, 0.2) is 0 Å². The van der Waals surface area contributed by atoms with E-state index >= 15 is 0 Å². The summed E-state index contributed by atoms with van der Waals surface area (Å²) < 4.78 is -0.750. The third-order valence-corrected chi connectivity index (χ3v) is 4.98. The van der Waals surface area contributed by atoms with Gasteiger partial charge in [0.25, 0.3) is 5.91 Å². The lowest BCUT2D eigenvalue weighted by molar-refractivity contribution is -0.140. The van der Waals surface area contributed by atoms with Gasteiger partial charge in [0, 0.05) is 15.3 Å². The number of likely N-dealkylation sites (tertiary alicyclic amines) is 1. The molecular weight excluding hydrogens is 324 g/mol. The average molecular weight is 343 g/mol. The minimum Gasteiger partial charge on any atom is -0.480 e. The predicted octanol–water partition coefficient (Wildman–Crippen LogP) is 1.92. The minimum absolute atomic E-state index is 0.375. The Bertz CT molecular complexity index is 556. The zero-order chi connectivity index (χ0) is 16.3. The van der Waals surface area contributed by atoms with Crippen LogP contribution in [0.5, 0.6) is 0 Å². The molecule has 1 heterocycles. The first kappa shape index (κ1) is 17.1. The molecule has 7 heteroatoms. The third kappa shape index (κ3) is 3.94. The molecule has 0 aliphatic carbocycles. The average Bonchev–Trinajstić information content (AvgIpc) is 2.48. The van der Waals surface area contributed by atoms with Crippen molar-refractivity contribution >= 4 is 36.1 Å². The van der Waals surface area contributed by atoms with Crippen molar-refractivity contribution in [2.75, 3.05) is 20.1 Å². The molecule has 120 valence electrons. The molecule has 1 aliphatic heterocycles. The number of piperidine rings is 1. The van der Waals surface area contributed by atoms with Crippen LogP contribution < -0.4 is 5.32 Å². The molecule has 1 atom stereocenters. The number of thiol groups is 1. The van der Waals surface area contributed by atoms with E-state index in [0.717, 1.165) is 13.1 Å². The highest BCUT2D eigenvalue weighted by Gasteiger charge is 2.43. The number of carboxylic acids is 1. The highest BCUT2D eigenvalue weighted by atomic mass is 35.5. The summed E-state index contributed by atoms with van der Waals surface area (Å²) in [5, 5.41) is 12.6. The van der Waals surface area contributed by atoms with E-state index in [0.29, 0.717) is 23.4 Å². The van der Waals surface area contributed by atoms with Crippen molar-refractivity contribution in [2.24, 2.45) is 0 Å². The van der Waals surface area contributed by atoms with Crippen LogP contribution in [-0.2, 0) is 4.79 Å². The number of rotatable bonds is 4. The van der Waals surface area contributed by atoms with Gasteiger partial charge in [-0.3, -0.25) is 4.79 Å². The van der Waals surface area contributed by atoms with Crippen molar-refractivity contribution in [1.29, 1.82) is 0 Å². The Morgan fingerprint density at radius 3 is 2.36 bits per heavy atom. The standard InChI is InChI=1S/C15H19ClN2O3S/c1-18-8-6-15(22,7-9-18)12(14(20)21)17-13(19)10-2-4-11(16)5-3-10/h2-5,12,22H,6-9H2,1H3,(H,17,19)(H,20,21)/t12-/m1/s1. The molecule has 1 aromatic rings. The van der Waals surface area contributed by atoms with Gasteiger partial charge in [-0.05, 0) is 57.2 Å². The van der Waals surface area contributed by atoms with Gasteiger partial charge in [0.1, 0.15) is 6.04 Å². The summed E-state index contributed by atoms with van der Waals surface area (Å²) in [7, 11) is 1.98. The fraction of sp³-hybridized carbons (Fsp3) is 0.467. The maximum Gasteiger partial charge on any atom is 0.327 e. The highest BCUT2D eigenvalue weighted by molar-refractivity contribution is 7.82. The van der Waals surface area contributed by atoms with E-state index in [1.54, 1.807) is 24.3 Å². The molecule has 1 aromatic carbocycles. The molecule has 1 saturated heterocycles. The first-order chi connectivity index (χ1) is 10.3. The summed E-state index contributed by atoms with van der Waals surface area (Å²) >= 11 is 10.4. The first-order valence-corrected chi connectivity index (χ1v) is 7.84. The minimum atomic E-state index is -1.07. The molecule has 0 radical (unpaired) electrons. The van der Waals surface area contributed by atoms with Crippen LogP contribution in [0.1, 0.15) is 23.2 Å². The molecular formula is C15H19ClN2O3S. The number of carbonyl (C=O) groups excluding carboxylic acids is 1. The molecule has 0 aromatic heterocycles. The molecule has 22 heavy (non-hydrogen) atoms. The fourth-order valence-corrected chi connectivity index (χ4v) is 3.04. The summed E-state index contributed by atoms with van der Waals surface area (Å²) in [6, 6.07) is 5.29. The van der Waals surface area contributed by atoms with Crippen molar-refractivity contribution in [2.45, 2.75) is 23.6 Å². The SMILES string of the molecule is CN1CCC(S)([C@H](NC(=O)c2ccc(Cl)cc2)C(=O)O)CC1. The van der Waals surface area contributed by atoms with Gasteiger partial charge in [0.05, 0.1) is 0 Å². The Balaban J connectivity index is 2.13. The lowest BCUT2D eigenvalue weighted by Gasteiger charge is -2.40. The Labute approximate surface area is 140 Å². The maximum atomic E-state index is 12.3. The zero-order valence-corrected chi connectivity index (χ0v) is 13.9. The van der Waals surface area contributed by atoms with Gasteiger partial charge in [-0.1, -0.05) is 11.6 Å². The second-order valence-corrected chi connectivity index (χ2v) is 6.99. The quantitative estimate of drug-likeness (QED) is 0.731. The summed E-state index contributed by atoms with van der Waals surface area (Å²) in [6.07, 6.45) is 1.20. The van der Waals surface area contributed by atoms with Gasteiger partial charge in [-0.2, -0.15) is 12.6 Å². The number of hydrogen-bond donors (Lipinski definition) is 3. The van der Waals surface area contributed by atoms with Crippen LogP contribution in [0.4, 0.5) is 0 Å². The third-order valence-electron chi connectivity index (χ3n) is 4.02. The van der Waals surface area contributed by atoms with Gasteiger partial charge >= 0.3 is 5.97 Å². The lowest BCUT2D eigenvalue weighted by atomic mass is 9.88. The normalized spacial score (nSPS) is 19.4. The van der Waals surface area contributed by atoms with Crippen LogP contribution in [0.2, 0.25) is 5.02 Å². The molecule has 0 saturated carbocycles. The highest BCUT2D eigenvalue weighted by Crippen LogP contribution is 2.32. The van der Waals surface area contributed by atoms with Crippen LogP contribution >= 0.6 is 24.2 Å². The van der Waals surface area contributed by atoms with Crippen LogP contribution in [-0.4, -0.2) is 52.8 Å². The zero-order valence-electron chi connectivity index (χ0n) is 12.3. The monoisotopic (exact) mass is 342 g/mol. The van der Waals surface area contributed by atoms with E-state index in [9.17, 15) is 14.7 Å². The number of nitrogens with one attached hydrogen (secondary N) is 1. The summed E-state index contributed by atoms with van der Waals surface area (Å²) in [4.78, 5) is 26.0. The maximum absolute atomic E-state index is 12.3. The van der Waals surface area contributed by atoms with Crippen molar-refractivity contribution < 1.29 is 14.7 Å². The topological polar surface area (TPSA) is 69.6 Å². The number of aliphatic carboxylic acids is 1. The molecule has 5 nitrogen and oxygen atoms in total. The number of hydrogen-bond acceptors (Lipinski definition) is 4. The van der Waals surface area contributed by atoms with Gasteiger partial charge in [-0.15, -0.1) is 0 Å². The lowest BCUT2D eigenvalue weighted by Crippen LogP contribution is -2.57. The number of carbonyl (C=O) groups is 2. The predicted molar refractivity (Wildman–Crippen MR) is 88.8 cm³/mol. The van der Waals surface area contributed by atoms with Crippen LogP contribution in [0.3, 0.4) is 0 Å².